The molecule has 14 heteroatoms. The number of aromatic nitrogens is 5. The van der Waals surface area contributed by atoms with Gasteiger partial charge in [0.2, 0.25) is 11.6 Å². The maximum Gasteiger partial charge on any atom is 0.446 e. The minimum atomic E-state index is -0.961. The Morgan fingerprint density at radius 2 is 1.95 bits per heavy atom. The summed E-state index contributed by atoms with van der Waals surface area (Å²) in [5, 5.41) is 37.7. The third kappa shape index (κ3) is 1.63. The van der Waals surface area contributed by atoms with E-state index in [2.05, 4.69) is 10.2 Å². The van der Waals surface area contributed by atoms with Gasteiger partial charge in [0, 0.05) is 0 Å². The van der Waals surface area contributed by atoms with Crippen LogP contribution in [0.2, 0.25) is 0 Å². The molecule has 0 aliphatic heterocycles. The first-order valence-corrected chi connectivity index (χ1v) is 4.49. The smallest absolute Gasteiger partial charge is 0.366 e. The van der Waals surface area contributed by atoms with E-state index in [1.54, 1.807) is 0 Å². The Bertz CT molecular complexity index is 704. The second-order valence-electron chi connectivity index (χ2n) is 3.22. The van der Waals surface area contributed by atoms with Crippen molar-refractivity contribution in [2.45, 2.75) is 0 Å². The largest absolute Gasteiger partial charge is 0.446 e. The van der Waals surface area contributed by atoms with E-state index in [-0.39, 0.29) is 5.95 Å². The fourth-order valence-electron chi connectivity index (χ4n) is 1.33. The van der Waals surface area contributed by atoms with Gasteiger partial charge in [0.15, 0.2) is 0 Å². The molecular formula is C5H6N10O4. The molecule has 0 bridgehead atoms. The highest BCUT2D eigenvalue weighted by Crippen LogP contribution is 2.27. The van der Waals surface area contributed by atoms with Gasteiger partial charge >= 0.3 is 11.6 Å². The quantitative estimate of drug-likeness (QED) is 0.277. The van der Waals surface area contributed by atoms with Crippen LogP contribution < -0.4 is 17.2 Å². The molecule has 0 aromatic carbocycles. The lowest BCUT2D eigenvalue weighted by atomic mass is 10.5. The Morgan fingerprint density at radius 1 is 1.32 bits per heavy atom. The first-order valence-electron chi connectivity index (χ1n) is 4.49. The van der Waals surface area contributed by atoms with Gasteiger partial charge in [-0.05, 0) is 14.9 Å². The van der Waals surface area contributed by atoms with Crippen molar-refractivity contribution in [1.29, 1.82) is 5.41 Å². The molecule has 2 heterocycles. The fourth-order valence-corrected chi connectivity index (χ4v) is 1.33. The number of nitrogens with zero attached hydrogens (tertiary/aromatic N) is 6. The molecular weight excluding hydrogens is 264 g/mol. The van der Waals surface area contributed by atoms with Crippen molar-refractivity contribution in [3.05, 3.63) is 25.8 Å². The zero-order chi connectivity index (χ0) is 14.3. The van der Waals surface area contributed by atoms with E-state index in [0.717, 1.165) is 0 Å². The van der Waals surface area contributed by atoms with Gasteiger partial charge < -0.3 is 31.8 Å². The van der Waals surface area contributed by atoms with E-state index in [9.17, 15) is 20.2 Å². The van der Waals surface area contributed by atoms with Gasteiger partial charge in [-0.15, -0.1) is 5.10 Å². The van der Waals surface area contributed by atoms with Crippen LogP contribution in [0.25, 0.3) is 5.69 Å². The van der Waals surface area contributed by atoms with Crippen molar-refractivity contribution in [2.24, 2.45) is 0 Å². The van der Waals surface area contributed by atoms with E-state index in [1.807, 2.05) is 5.10 Å². The van der Waals surface area contributed by atoms with Gasteiger partial charge in [-0.3, -0.25) is 5.41 Å². The van der Waals surface area contributed by atoms with Crippen molar-refractivity contribution in [3.63, 3.8) is 0 Å². The second-order valence-corrected chi connectivity index (χ2v) is 3.22. The van der Waals surface area contributed by atoms with Gasteiger partial charge in [0.25, 0.3) is 5.69 Å². The molecule has 100 valence electrons. The third-order valence-electron chi connectivity index (χ3n) is 2.15. The number of anilines is 1. The molecule has 14 nitrogen and oxygen atoms in total. The molecule has 2 aromatic heterocycles. The third-order valence-corrected chi connectivity index (χ3v) is 2.15. The molecule has 2 aromatic rings. The maximum atomic E-state index is 10.8. The number of hydrogen-bond donors (Lipinski definition) is 4. The van der Waals surface area contributed by atoms with Gasteiger partial charge in [0.1, 0.15) is 5.10 Å². The van der Waals surface area contributed by atoms with E-state index in [4.69, 9.17) is 17.0 Å². The summed E-state index contributed by atoms with van der Waals surface area (Å²) in [7, 11) is 0. The first-order chi connectivity index (χ1) is 8.84. The fraction of sp³-hybridized carbons (Fsp3) is 0. The molecule has 0 aliphatic rings. The van der Waals surface area contributed by atoms with Crippen molar-refractivity contribution in [1.82, 2.24) is 24.7 Å². The topological polar surface area (TPSA) is 214 Å². The number of nitro groups is 2. The van der Waals surface area contributed by atoms with Crippen molar-refractivity contribution < 1.29 is 9.85 Å². The summed E-state index contributed by atoms with van der Waals surface area (Å²) in [6.45, 7) is 0. The Kier molecular flexibility index (Phi) is 2.40. The minimum absolute atomic E-state index is 0.352. The minimum Gasteiger partial charge on any atom is -0.366 e. The predicted octanol–water partition coefficient (Wildman–Crippen LogP) is -2.01. The Labute approximate surface area is 102 Å². The summed E-state index contributed by atoms with van der Waals surface area (Å²) in [5.41, 5.74) is 4.09. The van der Waals surface area contributed by atoms with E-state index in [0.29, 0.717) is 9.36 Å². The monoisotopic (exact) mass is 270 g/mol. The average Bonchev–Trinajstić information content (AvgIpc) is 2.86. The van der Waals surface area contributed by atoms with Crippen molar-refractivity contribution in [3.8, 4) is 5.69 Å². The number of nitrogen functional groups attached to an aromatic ring is 2. The first kappa shape index (κ1) is 12.0. The highest BCUT2D eigenvalue weighted by molar-refractivity contribution is 5.58. The summed E-state index contributed by atoms with van der Waals surface area (Å²) >= 11 is 0. The van der Waals surface area contributed by atoms with Crippen LogP contribution in [0.1, 0.15) is 0 Å². The lowest BCUT2D eigenvalue weighted by Crippen LogP contribution is -2.30. The molecule has 0 spiro atoms. The number of H-pyrrole nitrogens is 1. The van der Waals surface area contributed by atoms with Crippen LogP contribution in [-0.4, -0.2) is 34.5 Å². The van der Waals surface area contributed by atoms with Gasteiger partial charge in [-0.2, -0.15) is 9.36 Å². The van der Waals surface area contributed by atoms with E-state index >= 15 is 0 Å². The summed E-state index contributed by atoms with van der Waals surface area (Å²) in [6.07, 6.45) is 0. The lowest BCUT2D eigenvalue weighted by molar-refractivity contribution is -0.393. The number of aromatic amines is 1. The molecule has 0 fully saturated rings. The standard InChI is InChI=1S/C5H6N10O4/c6-4-11-13(5(7)12(4)8)1-2(14(16)17)9-10-3(1)15(18)19/h7H,8H2,(H2,6,11)(H,9,10). The van der Waals surface area contributed by atoms with E-state index in [1.165, 1.54) is 0 Å². The van der Waals surface area contributed by atoms with Crippen LogP contribution in [0.15, 0.2) is 0 Å². The molecule has 0 aliphatic carbocycles. The van der Waals surface area contributed by atoms with Gasteiger partial charge in [-0.1, -0.05) is 0 Å². The van der Waals surface area contributed by atoms with Crippen molar-refractivity contribution in [2.75, 3.05) is 11.6 Å². The van der Waals surface area contributed by atoms with Gasteiger partial charge in [0.05, 0.1) is 0 Å². The van der Waals surface area contributed by atoms with Crippen LogP contribution in [0, 0.1) is 25.6 Å². The van der Waals surface area contributed by atoms with Crippen molar-refractivity contribution >= 4 is 17.6 Å². The Balaban J connectivity index is 2.83. The molecule has 0 saturated heterocycles. The van der Waals surface area contributed by atoms with Crippen LogP contribution in [0.5, 0.6) is 0 Å². The number of nitrogens with two attached hydrogens (primary N) is 2. The predicted molar refractivity (Wildman–Crippen MR) is 57.4 cm³/mol. The van der Waals surface area contributed by atoms with Crippen LogP contribution in [0.4, 0.5) is 17.6 Å². The second kappa shape index (κ2) is 3.79. The summed E-state index contributed by atoms with van der Waals surface area (Å²) < 4.78 is 1.15. The number of rotatable bonds is 3. The average molecular weight is 270 g/mol. The molecule has 19 heavy (non-hydrogen) atoms. The maximum absolute atomic E-state index is 10.8. The molecule has 0 unspecified atom stereocenters. The summed E-state index contributed by atoms with van der Waals surface area (Å²) in [5.74, 6) is 3.29. The molecule has 2 rings (SSSR count). The van der Waals surface area contributed by atoms with E-state index < -0.39 is 32.8 Å². The molecule has 0 atom stereocenters. The molecule has 6 N–H and O–H groups in total. The highest BCUT2D eigenvalue weighted by Gasteiger charge is 2.35. The zero-order valence-electron chi connectivity index (χ0n) is 8.97. The zero-order valence-corrected chi connectivity index (χ0v) is 8.97. The van der Waals surface area contributed by atoms with Crippen LogP contribution in [-0.2, 0) is 0 Å². The molecule has 0 saturated carbocycles. The lowest BCUT2D eigenvalue weighted by Gasteiger charge is -1.96. The number of nitrogens with one attached hydrogen (secondary N) is 2. The van der Waals surface area contributed by atoms with Crippen LogP contribution >= 0.6 is 0 Å². The Morgan fingerprint density at radius 3 is 2.37 bits per heavy atom. The summed E-state index contributed by atoms with van der Waals surface area (Å²) in [4.78, 5) is 19.6. The Hall–Kier alpha value is -3.45. The molecule has 0 amide bonds. The highest BCUT2D eigenvalue weighted by atomic mass is 16.6. The van der Waals surface area contributed by atoms with Gasteiger partial charge in [-0.25, -0.2) is 0 Å². The summed E-state index contributed by atoms with van der Waals surface area (Å²) in [6, 6.07) is 0. The normalized spacial score (nSPS) is 10.5. The van der Waals surface area contributed by atoms with Crippen LogP contribution in [0.3, 0.4) is 0 Å². The molecule has 0 radical (unpaired) electrons. The SMILES string of the molecule is N=c1n(-c2c([N+](=O)[O-])n[nH]c2[N+](=O)[O-])nc(N)n1N. The number of hydrogen-bond acceptors (Lipinski definition) is 9.